The number of furan rings is 1. The van der Waals surface area contributed by atoms with E-state index < -0.39 is 10.0 Å². The molecule has 2 heterocycles. The Balaban J connectivity index is 1.78. The summed E-state index contributed by atoms with van der Waals surface area (Å²) in [7, 11) is -3.80. The van der Waals surface area contributed by atoms with Gasteiger partial charge in [0.25, 0.3) is 10.0 Å². The first-order valence-corrected chi connectivity index (χ1v) is 9.85. The molecule has 4 aromatic rings. The molecule has 0 unspecified atom stereocenters. The lowest BCUT2D eigenvalue weighted by molar-refractivity contribution is 0.567. The fraction of sp³-hybridized carbons (Fsp3) is 0. The van der Waals surface area contributed by atoms with Crippen LogP contribution in [-0.4, -0.2) is 18.3 Å². The van der Waals surface area contributed by atoms with Crippen molar-refractivity contribution in [3.63, 3.8) is 0 Å². The molecular formula is C19H14ClN3O3S. The van der Waals surface area contributed by atoms with Crippen LogP contribution in [0.1, 0.15) is 0 Å². The number of hydrogen-bond acceptors (Lipinski definition) is 4. The molecule has 0 aliphatic rings. The molecule has 6 nitrogen and oxygen atoms in total. The van der Waals surface area contributed by atoms with Crippen LogP contribution in [0.2, 0.25) is 5.02 Å². The molecule has 8 heteroatoms. The molecule has 0 fully saturated rings. The Morgan fingerprint density at radius 3 is 2.37 bits per heavy atom. The highest BCUT2D eigenvalue weighted by Gasteiger charge is 2.19. The Labute approximate surface area is 161 Å². The quantitative estimate of drug-likeness (QED) is 0.539. The Morgan fingerprint density at radius 1 is 0.963 bits per heavy atom. The van der Waals surface area contributed by atoms with Gasteiger partial charge in [-0.25, -0.2) is 0 Å². The topological polar surface area (TPSA) is 77.1 Å². The van der Waals surface area contributed by atoms with Gasteiger partial charge in [-0.1, -0.05) is 41.9 Å². The second-order valence-corrected chi connectivity index (χ2v) is 7.85. The van der Waals surface area contributed by atoms with Crippen LogP contribution in [0.25, 0.3) is 22.5 Å². The first-order valence-electron chi connectivity index (χ1n) is 7.99. The van der Waals surface area contributed by atoms with Gasteiger partial charge in [0.2, 0.25) is 0 Å². The van der Waals surface area contributed by atoms with E-state index in [4.69, 9.17) is 16.0 Å². The van der Waals surface area contributed by atoms with E-state index in [0.29, 0.717) is 22.0 Å². The van der Waals surface area contributed by atoms with Crippen molar-refractivity contribution in [2.24, 2.45) is 0 Å². The third-order valence-corrected chi connectivity index (χ3v) is 5.48. The van der Waals surface area contributed by atoms with E-state index in [1.165, 1.54) is 29.4 Å². The highest BCUT2D eigenvalue weighted by atomic mass is 35.5. The van der Waals surface area contributed by atoms with Gasteiger partial charge in [-0.2, -0.15) is 23.1 Å². The number of halogens is 1. The zero-order chi connectivity index (χ0) is 18.9. The second kappa shape index (κ2) is 6.94. The SMILES string of the molecule is O=S(=O)(Nn1nc(-c2ccc(Cl)cc2)cc1-c1ccoc1)c1ccccc1. The number of sulfonamides is 1. The lowest BCUT2D eigenvalue weighted by Crippen LogP contribution is -2.25. The molecule has 0 atom stereocenters. The number of hydrogen-bond donors (Lipinski definition) is 1. The lowest BCUT2D eigenvalue weighted by Gasteiger charge is -2.10. The average Bonchev–Trinajstić information content (AvgIpc) is 3.32. The van der Waals surface area contributed by atoms with Crippen molar-refractivity contribution >= 4 is 21.6 Å². The molecular weight excluding hydrogens is 386 g/mol. The van der Waals surface area contributed by atoms with Crippen molar-refractivity contribution in [2.75, 3.05) is 4.83 Å². The van der Waals surface area contributed by atoms with Gasteiger partial charge < -0.3 is 4.42 Å². The van der Waals surface area contributed by atoms with Crippen LogP contribution < -0.4 is 4.83 Å². The number of benzene rings is 2. The summed E-state index contributed by atoms with van der Waals surface area (Å²) in [5.74, 6) is 0. The molecule has 0 aliphatic carbocycles. The minimum atomic E-state index is -3.80. The van der Waals surface area contributed by atoms with Crippen LogP contribution in [0.5, 0.6) is 0 Å². The van der Waals surface area contributed by atoms with E-state index in [1.807, 2.05) is 12.1 Å². The van der Waals surface area contributed by atoms with E-state index in [9.17, 15) is 8.42 Å². The molecule has 2 aromatic carbocycles. The van der Waals surface area contributed by atoms with Crippen LogP contribution in [0.4, 0.5) is 0 Å². The van der Waals surface area contributed by atoms with E-state index in [0.717, 1.165) is 5.56 Å². The van der Waals surface area contributed by atoms with Gasteiger partial charge in [0.15, 0.2) is 0 Å². The monoisotopic (exact) mass is 399 g/mol. The van der Waals surface area contributed by atoms with Gasteiger partial charge in [-0.05, 0) is 36.4 Å². The van der Waals surface area contributed by atoms with E-state index >= 15 is 0 Å². The summed E-state index contributed by atoms with van der Waals surface area (Å²) in [6.07, 6.45) is 3.04. The standard InChI is InChI=1S/C19H14ClN3O3S/c20-16-8-6-14(7-9-16)18-12-19(15-10-11-26-13-15)23(21-18)22-27(24,25)17-4-2-1-3-5-17/h1-13,22H. The minimum absolute atomic E-state index is 0.145. The highest BCUT2D eigenvalue weighted by Crippen LogP contribution is 2.27. The normalized spacial score (nSPS) is 11.4. The summed E-state index contributed by atoms with van der Waals surface area (Å²) >= 11 is 5.94. The number of aromatic nitrogens is 2. The molecule has 1 N–H and O–H groups in total. The molecule has 0 radical (unpaired) electrons. The van der Waals surface area contributed by atoms with Crippen molar-refractivity contribution in [1.82, 2.24) is 9.89 Å². The van der Waals surface area contributed by atoms with Crippen molar-refractivity contribution in [2.45, 2.75) is 4.90 Å². The van der Waals surface area contributed by atoms with E-state index in [2.05, 4.69) is 9.93 Å². The Hall–Kier alpha value is -3.03. The van der Waals surface area contributed by atoms with Crippen molar-refractivity contribution in [3.05, 3.63) is 84.3 Å². The van der Waals surface area contributed by atoms with Crippen LogP contribution in [-0.2, 0) is 10.0 Å². The Kier molecular flexibility index (Phi) is 4.47. The van der Waals surface area contributed by atoms with Gasteiger partial charge >= 0.3 is 0 Å². The zero-order valence-corrected chi connectivity index (χ0v) is 15.5. The Morgan fingerprint density at radius 2 is 1.70 bits per heavy atom. The predicted molar refractivity (Wildman–Crippen MR) is 103 cm³/mol. The maximum absolute atomic E-state index is 12.7. The smallest absolute Gasteiger partial charge is 0.276 e. The average molecular weight is 400 g/mol. The molecule has 0 saturated carbocycles. The van der Waals surface area contributed by atoms with Crippen LogP contribution in [0.15, 0.2) is 88.6 Å². The first kappa shape index (κ1) is 17.4. The molecule has 0 saturated heterocycles. The van der Waals surface area contributed by atoms with Gasteiger partial charge in [-0.15, -0.1) is 0 Å². The van der Waals surface area contributed by atoms with Crippen LogP contribution in [0.3, 0.4) is 0 Å². The third kappa shape index (κ3) is 3.60. The van der Waals surface area contributed by atoms with Crippen molar-refractivity contribution in [3.8, 4) is 22.5 Å². The van der Waals surface area contributed by atoms with Crippen LogP contribution in [0, 0.1) is 0 Å². The summed E-state index contributed by atoms with van der Waals surface area (Å²) in [4.78, 5) is 3.88. The minimum Gasteiger partial charge on any atom is -0.472 e. The van der Waals surface area contributed by atoms with Crippen molar-refractivity contribution in [1.29, 1.82) is 0 Å². The summed E-state index contributed by atoms with van der Waals surface area (Å²) in [5.41, 5.74) is 2.65. The largest absolute Gasteiger partial charge is 0.472 e. The maximum Gasteiger partial charge on any atom is 0.276 e. The van der Waals surface area contributed by atoms with Crippen LogP contribution >= 0.6 is 11.6 Å². The second-order valence-electron chi connectivity index (χ2n) is 5.75. The molecule has 2 aromatic heterocycles. The number of nitrogens with one attached hydrogen (secondary N) is 1. The van der Waals surface area contributed by atoms with E-state index in [-0.39, 0.29) is 4.90 Å². The third-order valence-electron chi connectivity index (χ3n) is 3.93. The van der Waals surface area contributed by atoms with Crippen molar-refractivity contribution < 1.29 is 12.8 Å². The maximum atomic E-state index is 12.7. The molecule has 0 bridgehead atoms. The van der Waals surface area contributed by atoms with Gasteiger partial charge in [-0.3, -0.25) is 0 Å². The van der Waals surface area contributed by atoms with Gasteiger partial charge in [0, 0.05) is 16.1 Å². The Bertz CT molecular complexity index is 1150. The lowest BCUT2D eigenvalue weighted by atomic mass is 10.1. The number of nitrogens with zero attached hydrogens (tertiary/aromatic N) is 2. The molecule has 0 amide bonds. The van der Waals surface area contributed by atoms with Gasteiger partial charge in [0.1, 0.15) is 0 Å². The summed E-state index contributed by atoms with van der Waals surface area (Å²) < 4.78 is 30.5. The molecule has 4 rings (SSSR count). The fourth-order valence-corrected chi connectivity index (χ4v) is 3.71. The summed E-state index contributed by atoms with van der Waals surface area (Å²) in [6, 6.07) is 18.8. The molecule has 27 heavy (non-hydrogen) atoms. The summed E-state index contributed by atoms with van der Waals surface area (Å²) in [5, 5.41) is 5.03. The predicted octanol–water partition coefficient (Wildman–Crippen LogP) is 4.40. The number of rotatable bonds is 5. The molecule has 0 spiro atoms. The molecule has 136 valence electrons. The highest BCUT2D eigenvalue weighted by molar-refractivity contribution is 7.92. The van der Waals surface area contributed by atoms with E-state index in [1.54, 1.807) is 42.5 Å². The summed E-state index contributed by atoms with van der Waals surface area (Å²) in [6.45, 7) is 0. The van der Waals surface area contributed by atoms with Gasteiger partial charge in [0.05, 0.1) is 28.8 Å². The first-order chi connectivity index (χ1) is 13.0. The molecule has 0 aliphatic heterocycles. The fourth-order valence-electron chi connectivity index (χ4n) is 2.59. The zero-order valence-electron chi connectivity index (χ0n) is 13.9.